The molecular weight excluding hydrogens is 389 g/mol. The minimum absolute atomic E-state index is 0.138. The number of benzene rings is 1. The van der Waals surface area contributed by atoms with Gasteiger partial charge in [-0.2, -0.15) is 5.26 Å². The summed E-state index contributed by atoms with van der Waals surface area (Å²) in [7, 11) is 1.85. The summed E-state index contributed by atoms with van der Waals surface area (Å²) < 4.78 is 0. The summed E-state index contributed by atoms with van der Waals surface area (Å²) in [6, 6.07) is 7.74. The molecule has 1 aromatic heterocycles. The summed E-state index contributed by atoms with van der Waals surface area (Å²) in [6.45, 7) is 0.717. The van der Waals surface area contributed by atoms with Crippen LogP contribution in [0.5, 0.6) is 0 Å². The third-order valence-electron chi connectivity index (χ3n) is 4.42. The lowest BCUT2D eigenvalue weighted by Gasteiger charge is -2.17. The van der Waals surface area contributed by atoms with Gasteiger partial charge in [-0.05, 0) is 49.9 Å². The van der Waals surface area contributed by atoms with Crippen LogP contribution in [0.1, 0.15) is 34.4 Å². The van der Waals surface area contributed by atoms with Crippen LogP contribution >= 0.6 is 34.5 Å². The zero-order valence-electron chi connectivity index (χ0n) is 14.4. The van der Waals surface area contributed by atoms with Crippen LogP contribution in [0.4, 0.5) is 5.00 Å². The monoisotopic (exact) mass is 407 g/mol. The summed E-state index contributed by atoms with van der Waals surface area (Å²) >= 11 is 13.8. The maximum absolute atomic E-state index is 12.4. The zero-order valence-corrected chi connectivity index (χ0v) is 16.8. The molecule has 0 saturated heterocycles. The Bertz CT molecular complexity index is 872. The second kappa shape index (κ2) is 8.41. The minimum Gasteiger partial charge on any atom is -0.315 e. The van der Waals surface area contributed by atoms with Gasteiger partial charge >= 0.3 is 0 Å². The van der Waals surface area contributed by atoms with E-state index >= 15 is 0 Å². The minimum atomic E-state index is -0.138. The molecular formula is C19H19Cl2N3OS. The van der Waals surface area contributed by atoms with Gasteiger partial charge in [-0.25, -0.2) is 0 Å². The molecule has 136 valence electrons. The first-order chi connectivity index (χ1) is 12.5. The summed E-state index contributed by atoms with van der Waals surface area (Å²) in [6.07, 6.45) is 4.18. The van der Waals surface area contributed by atoms with Gasteiger partial charge in [-0.15, -0.1) is 11.3 Å². The van der Waals surface area contributed by atoms with Gasteiger partial charge in [0, 0.05) is 11.4 Å². The highest BCUT2D eigenvalue weighted by Gasteiger charge is 2.22. The normalized spacial score (nSPS) is 13.3. The number of carbonyl (C=O) groups excluding carboxylic acids is 1. The molecule has 1 aliphatic rings. The molecule has 1 heterocycles. The van der Waals surface area contributed by atoms with E-state index in [1.54, 1.807) is 6.07 Å². The van der Waals surface area contributed by atoms with E-state index in [2.05, 4.69) is 11.4 Å². The zero-order chi connectivity index (χ0) is 18.7. The largest absolute Gasteiger partial charge is 0.315 e. The molecule has 26 heavy (non-hydrogen) atoms. The molecule has 0 radical (unpaired) electrons. The van der Waals surface area contributed by atoms with Crippen molar-refractivity contribution in [1.82, 2.24) is 4.90 Å². The molecule has 4 nitrogen and oxygen atoms in total. The van der Waals surface area contributed by atoms with Crippen molar-refractivity contribution in [3.63, 3.8) is 0 Å². The van der Waals surface area contributed by atoms with E-state index in [4.69, 9.17) is 23.2 Å². The lowest BCUT2D eigenvalue weighted by atomic mass is 9.96. The summed E-state index contributed by atoms with van der Waals surface area (Å²) in [5, 5.41) is 14.1. The molecule has 1 N–H and O–H groups in total. The molecule has 2 aromatic rings. The van der Waals surface area contributed by atoms with Crippen molar-refractivity contribution in [2.24, 2.45) is 0 Å². The first-order valence-corrected chi connectivity index (χ1v) is 10.0. The van der Waals surface area contributed by atoms with E-state index in [0.29, 0.717) is 27.2 Å². The van der Waals surface area contributed by atoms with Gasteiger partial charge in [0.25, 0.3) is 0 Å². The third kappa shape index (κ3) is 4.21. The van der Waals surface area contributed by atoms with E-state index in [-0.39, 0.29) is 12.5 Å². The predicted molar refractivity (Wildman–Crippen MR) is 107 cm³/mol. The number of hydrogen-bond acceptors (Lipinski definition) is 4. The van der Waals surface area contributed by atoms with Gasteiger partial charge in [0.05, 0.1) is 22.2 Å². The molecule has 0 bridgehead atoms. The Kier molecular flexibility index (Phi) is 6.20. The van der Waals surface area contributed by atoms with E-state index in [1.807, 2.05) is 24.1 Å². The number of hydrogen-bond donors (Lipinski definition) is 1. The number of carbonyl (C=O) groups is 1. The first kappa shape index (κ1) is 19.2. The third-order valence-corrected chi connectivity index (χ3v) is 6.49. The van der Waals surface area contributed by atoms with Crippen molar-refractivity contribution in [2.75, 3.05) is 18.9 Å². The lowest BCUT2D eigenvalue weighted by Crippen LogP contribution is -2.29. The number of amides is 1. The molecule has 0 aliphatic heterocycles. The topological polar surface area (TPSA) is 56.1 Å². The lowest BCUT2D eigenvalue weighted by molar-refractivity contribution is -0.117. The van der Waals surface area contributed by atoms with Crippen LogP contribution in [0.25, 0.3) is 0 Å². The molecule has 0 atom stereocenters. The van der Waals surface area contributed by atoms with E-state index in [0.717, 1.165) is 36.8 Å². The number of aryl methyl sites for hydroxylation is 1. The quantitative estimate of drug-likeness (QED) is 0.768. The molecule has 7 heteroatoms. The van der Waals surface area contributed by atoms with Gasteiger partial charge in [-0.3, -0.25) is 9.69 Å². The Morgan fingerprint density at radius 2 is 2.12 bits per heavy atom. The Morgan fingerprint density at radius 3 is 2.88 bits per heavy atom. The predicted octanol–water partition coefficient (Wildman–Crippen LogP) is 4.88. The molecule has 1 amide bonds. The number of fused-ring (bicyclic) bond motifs is 1. The van der Waals surface area contributed by atoms with Gasteiger partial charge in [-0.1, -0.05) is 35.3 Å². The smallest absolute Gasteiger partial charge is 0.239 e. The molecule has 3 rings (SSSR count). The number of nitriles is 1. The average Bonchev–Trinajstić information content (AvgIpc) is 2.95. The molecule has 1 aromatic carbocycles. The van der Waals surface area contributed by atoms with Crippen molar-refractivity contribution >= 4 is 45.4 Å². The van der Waals surface area contributed by atoms with E-state index in [1.165, 1.54) is 16.2 Å². The number of thiophene rings is 1. The highest BCUT2D eigenvalue weighted by atomic mass is 35.5. The van der Waals surface area contributed by atoms with Crippen molar-refractivity contribution in [3.05, 3.63) is 49.8 Å². The number of nitrogens with one attached hydrogen (secondary N) is 1. The maximum Gasteiger partial charge on any atom is 0.239 e. The van der Waals surface area contributed by atoms with Crippen molar-refractivity contribution in [3.8, 4) is 6.07 Å². The second-order valence-corrected chi connectivity index (χ2v) is 8.35. The summed E-state index contributed by atoms with van der Waals surface area (Å²) in [4.78, 5) is 15.5. The van der Waals surface area contributed by atoms with Crippen LogP contribution in [0.15, 0.2) is 18.2 Å². The number of likely N-dealkylation sites (N-methyl/N-ethyl adjacent to an activating group) is 1. The second-order valence-electron chi connectivity index (χ2n) is 6.46. The van der Waals surface area contributed by atoms with Crippen LogP contribution < -0.4 is 5.32 Å². The van der Waals surface area contributed by atoms with E-state index < -0.39 is 0 Å². The van der Waals surface area contributed by atoms with Crippen LogP contribution in [0, 0.1) is 11.3 Å². The number of halogens is 2. The molecule has 0 spiro atoms. The first-order valence-electron chi connectivity index (χ1n) is 8.45. The fraction of sp³-hybridized carbons (Fsp3) is 0.368. The van der Waals surface area contributed by atoms with Crippen LogP contribution in [0.2, 0.25) is 10.0 Å². The Labute approximate surface area is 167 Å². The fourth-order valence-electron chi connectivity index (χ4n) is 3.20. The van der Waals surface area contributed by atoms with Crippen LogP contribution in [-0.2, 0) is 24.2 Å². The van der Waals surface area contributed by atoms with Crippen LogP contribution in [0.3, 0.4) is 0 Å². The Hall–Kier alpha value is -1.58. The number of nitrogens with zero attached hydrogens (tertiary/aromatic N) is 2. The molecule has 0 unspecified atom stereocenters. The van der Waals surface area contributed by atoms with Crippen LogP contribution in [-0.4, -0.2) is 24.4 Å². The highest BCUT2D eigenvalue weighted by Crippen LogP contribution is 2.37. The molecule has 0 saturated carbocycles. The van der Waals surface area contributed by atoms with Gasteiger partial charge in [0.15, 0.2) is 0 Å². The Balaban J connectivity index is 1.65. The van der Waals surface area contributed by atoms with Crippen molar-refractivity contribution in [2.45, 2.75) is 32.2 Å². The number of rotatable bonds is 5. The number of anilines is 1. The molecule has 1 aliphatic carbocycles. The SMILES string of the molecule is CN(CC(=O)Nc1sc2c(c1C#N)CCCC2)Cc1cccc(Cl)c1Cl. The van der Waals surface area contributed by atoms with Crippen molar-refractivity contribution < 1.29 is 4.79 Å². The van der Waals surface area contributed by atoms with Gasteiger partial charge in [0.2, 0.25) is 5.91 Å². The summed E-state index contributed by atoms with van der Waals surface area (Å²) in [5.41, 5.74) is 2.63. The Morgan fingerprint density at radius 1 is 1.35 bits per heavy atom. The van der Waals surface area contributed by atoms with Gasteiger partial charge < -0.3 is 5.32 Å². The standard InChI is InChI=1S/C19H19Cl2N3OS/c1-24(10-12-5-4-7-15(20)18(12)21)11-17(25)23-19-14(9-22)13-6-2-3-8-16(13)26-19/h4-5,7H,2-3,6,8,10-11H2,1H3,(H,23,25). The van der Waals surface area contributed by atoms with Crippen molar-refractivity contribution in [1.29, 1.82) is 5.26 Å². The fourth-order valence-corrected chi connectivity index (χ4v) is 4.84. The average molecular weight is 408 g/mol. The molecule has 0 fully saturated rings. The maximum atomic E-state index is 12.4. The summed E-state index contributed by atoms with van der Waals surface area (Å²) in [5.74, 6) is -0.138. The van der Waals surface area contributed by atoms with E-state index in [9.17, 15) is 10.1 Å². The highest BCUT2D eigenvalue weighted by molar-refractivity contribution is 7.16. The van der Waals surface area contributed by atoms with Gasteiger partial charge in [0.1, 0.15) is 11.1 Å².